The molecule has 1 unspecified atom stereocenters. The number of methoxy groups -OCH3 is 1. The Labute approximate surface area is 197 Å². The lowest BCUT2D eigenvalue weighted by atomic mass is 10.0. The van der Waals surface area contributed by atoms with Gasteiger partial charge in [0.2, 0.25) is 5.91 Å². The van der Waals surface area contributed by atoms with Gasteiger partial charge in [-0.1, -0.05) is 18.2 Å². The number of hydrogen-bond acceptors (Lipinski definition) is 8. The standard InChI is InChI=1S/C22H20N2O7S2/c1-30-13-6-4-12(5-7-13)10-31-22(29)18-15(21(27)28)11-33-20-17(19(26)24(18)20)23-16(25)9-14-3-2-8-32-14/h2-8,17,20H,9-11H2,1H3,(H,23,25)(H,27,28)/t17?,20-/m0/s1. The van der Waals surface area contributed by atoms with Crippen LogP contribution in [0, 0.1) is 0 Å². The molecular formula is C22H20N2O7S2. The second-order valence-electron chi connectivity index (χ2n) is 7.27. The van der Waals surface area contributed by atoms with E-state index in [0.29, 0.717) is 11.3 Å². The Morgan fingerprint density at radius 2 is 1.97 bits per heavy atom. The Bertz CT molecular complexity index is 1110. The van der Waals surface area contributed by atoms with Gasteiger partial charge in [0.1, 0.15) is 29.5 Å². The van der Waals surface area contributed by atoms with Crippen molar-refractivity contribution in [3.8, 4) is 5.75 Å². The van der Waals surface area contributed by atoms with Crippen molar-refractivity contribution in [2.75, 3.05) is 12.9 Å². The molecule has 33 heavy (non-hydrogen) atoms. The number of amides is 2. The molecule has 2 aliphatic rings. The van der Waals surface area contributed by atoms with Crippen molar-refractivity contribution in [3.05, 3.63) is 63.5 Å². The first-order valence-electron chi connectivity index (χ1n) is 9.92. The van der Waals surface area contributed by atoms with Crippen molar-refractivity contribution in [2.24, 2.45) is 0 Å². The third-order valence-corrected chi connectivity index (χ3v) is 7.34. The number of carbonyl (C=O) groups is 4. The van der Waals surface area contributed by atoms with Crippen molar-refractivity contribution in [1.82, 2.24) is 10.2 Å². The summed E-state index contributed by atoms with van der Waals surface area (Å²) < 4.78 is 10.4. The molecule has 0 radical (unpaired) electrons. The van der Waals surface area contributed by atoms with Crippen molar-refractivity contribution >= 4 is 46.9 Å². The van der Waals surface area contributed by atoms with Crippen molar-refractivity contribution in [3.63, 3.8) is 0 Å². The van der Waals surface area contributed by atoms with E-state index in [1.807, 2.05) is 17.5 Å². The highest BCUT2D eigenvalue weighted by atomic mass is 32.2. The number of fused-ring (bicyclic) bond motifs is 1. The Hall–Kier alpha value is -3.31. The summed E-state index contributed by atoms with van der Waals surface area (Å²) in [7, 11) is 1.54. The van der Waals surface area contributed by atoms with Crippen LogP contribution in [0.2, 0.25) is 0 Å². The van der Waals surface area contributed by atoms with E-state index in [2.05, 4.69) is 5.32 Å². The number of aliphatic carboxylic acids is 1. The molecule has 1 aromatic heterocycles. The number of carboxylic acid groups (broad SMARTS) is 1. The highest BCUT2D eigenvalue weighted by Gasteiger charge is 2.55. The zero-order chi connectivity index (χ0) is 23.5. The van der Waals surface area contributed by atoms with Gasteiger partial charge in [0.15, 0.2) is 0 Å². The molecule has 2 aromatic rings. The van der Waals surface area contributed by atoms with E-state index in [1.54, 1.807) is 24.3 Å². The predicted octanol–water partition coefficient (Wildman–Crippen LogP) is 1.78. The second-order valence-corrected chi connectivity index (χ2v) is 9.40. The van der Waals surface area contributed by atoms with E-state index >= 15 is 0 Å². The fraction of sp³-hybridized carbons (Fsp3) is 0.273. The Morgan fingerprint density at radius 1 is 1.21 bits per heavy atom. The van der Waals surface area contributed by atoms with Gasteiger partial charge in [-0.05, 0) is 29.1 Å². The third-order valence-electron chi connectivity index (χ3n) is 5.18. The van der Waals surface area contributed by atoms with Crippen LogP contribution in [0.3, 0.4) is 0 Å². The highest BCUT2D eigenvalue weighted by Crippen LogP contribution is 2.40. The second kappa shape index (κ2) is 9.67. The normalized spacial score (nSPS) is 19.4. The van der Waals surface area contributed by atoms with Crippen LogP contribution in [0.15, 0.2) is 53.0 Å². The van der Waals surface area contributed by atoms with Gasteiger partial charge >= 0.3 is 11.9 Å². The van der Waals surface area contributed by atoms with Crippen molar-refractivity contribution < 1.29 is 33.8 Å². The Kier molecular flexibility index (Phi) is 6.70. The third kappa shape index (κ3) is 4.74. The maximum absolute atomic E-state index is 12.8. The smallest absolute Gasteiger partial charge is 0.356 e. The number of ether oxygens (including phenoxy) is 2. The number of thioether (sulfide) groups is 1. The molecule has 0 spiro atoms. The Balaban J connectivity index is 1.45. The largest absolute Gasteiger partial charge is 0.497 e. The minimum absolute atomic E-state index is 0.00798. The molecule has 2 amide bonds. The van der Waals surface area contributed by atoms with Crippen LogP contribution in [-0.2, 0) is 36.9 Å². The first-order valence-corrected chi connectivity index (χ1v) is 11.8. The lowest BCUT2D eigenvalue weighted by Crippen LogP contribution is -2.70. The van der Waals surface area contributed by atoms with E-state index in [4.69, 9.17) is 9.47 Å². The van der Waals surface area contributed by atoms with Gasteiger partial charge in [0.25, 0.3) is 5.91 Å². The molecule has 1 aromatic carbocycles. The fourth-order valence-corrected chi connectivity index (χ4v) is 5.54. The monoisotopic (exact) mass is 488 g/mol. The lowest BCUT2D eigenvalue weighted by molar-refractivity contribution is -0.154. The van der Waals surface area contributed by atoms with E-state index in [0.717, 1.165) is 9.78 Å². The summed E-state index contributed by atoms with van der Waals surface area (Å²) in [6.07, 6.45) is 0.145. The first kappa shape index (κ1) is 22.9. The summed E-state index contributed by atoms with van der Waals surface area (Å²) >= 11 is 2.62. The molecule has 11 heteroatoms. The Morgan fingerprint density at radius 3 is 2.61 bits per heavy atom. The van der Waals surface area contributed by atoms with Gasteiger partial charge in [0.05, 0.1) is 19.1 Å². The molecular weight excluding hydrogens is 468 g/mol. The molecule has 2 atom stereocenters. The van der Waals surface area contributed by atoms with Crippen LogP contribution in [-0.4, -0.2) is 58.0 Å². The average molecular weight is 489 g/mol. The van der Waals surface area contributed by atoms with E-state index in [9.17, 15) is 24.3 Å². The number of carbonyl (C=O) groups excluding carboxylic acids is 3. The molecule has 0 saturated carbocycles. The molecule has 9 nitrogen and oxygen atoms in total. The van der Waals surface area contributed by atoms with Crippen LogP contribution in [0.5, 0.6) is 5.75 Å². The molecule has 3 heterocycles. The maximum atomic E-state index is 12.8. The molecule has 2 aliphatic heterocycles. The fourth-order valence-electron chi connectivity index (χ4n) is 3.51. The molecule has 4 rings (SSSR count). The number of rotatable bonds is 8. The zero-order valence-corrected chi connectivity index (χ0v) is 19.1. The maximum Gasteiger partial charge on any atom is 0.356 e. The minimum Gasteiger partial charge on any atom is -0.497 e. The van der Waals surface area contributed by atoms with Crippen LogP contribution in [0.4, 0.5) is 0 Å². The van der Waals surface area contributed by atoms with E-state index < -0.39 is 29.3 Å². The molecule has 1 fully saturated rings. The number of nitrogens with zero attached hydrogens (tertiary/aromatic N) is 1. The van der Waals surface area contributed by atoms with Gasteiger partial charge in [-0.3, -0.25) is 14.5 Å². The van der Waals surface area contributed by atoms with E-state index in [1.165, 1.54) is 30.2 Å². The molecule has 1 saturated heterocycles. The highest BCUT2D eigenvalue weighted by molar-refractivity contribution is 8.00. The van der Waals surface area contributed by atoms with Crippen molar-refractivity contribution in [2.45, 2.75) is 24.4 Å². The SMILES string of the molecule is COc1ccc(COC(=O)C2=C(C(=O)O)CS[C@H]3C(NC(=O)Cc4cccs4)C(=O)N23)cc1. The molecule has 0 bridgehead atoms. The van der Waals surface area contributed by atoms with E-state index in [-0.39, 0.29) is 36.0 Å². The predicted molar refractivity (Wildman–Crippen MR) is 120 cm³/mol. The van der Waals surface area contributed by atoms with Crippen LogP contribution < -0.4 is 10.1 Å². The summed E-state index contributed by atoms with van der Waals surface area (Å²) in [5, 5.41) is 13.6. The average Bonchev–Trinajstić information content (AvgIpc) is 3.33. The van der Waals surface area contributed by atoms with Gasteiger partial charge < -0.3 is 19.9 Å². The van der Waals surface area contributed by atoms with Crippen LogP contribution in [0.25, 0.3) is 0 Å². The summed E-state index contributed by atoms with van der Waals surface area (Å²) in [6.45, 7) is -0.0972. The van der Waals surface area contributed by atoms with Gasteiger partial charge in [-0.15, -0.1) is 23.1 Å². The topological polar surface area (TPSA) is 122 Å². The molecule has 0 aliphatic carbocycles. The number of thiophene rings is 1. The zero-order valence-electron chi connectivity index (χ0n) is 17.5. The van der Waals surface area contributed by atoms with Gasteiger partial charge in [-0.2, -0.15) is 0 Å². The number of nitrogens with one attached hydrogen (secondary N) is 1. The van der Waals surface area contributed by atoms with Gasteiger partial charge in [0, 0.05) is 10.6 Å². The summed E-state index contributed by atoms with van der Waals surface area (Å²) in [6, 6.07) is 9.68. The first-order chi connectivity index (χ1) is 15.9. The van der Waals surface area contributed by atoms with Gasteiger partial charge in [-0.25, -0.2) is 9.59 Å². The number of carboxylic acids is 1. The minimum atomic E-state index is -1.30. The number of hydrogen-bond donors (Lipinski definition) is 2. The molecule has 2 N–H and O–H groups in total. The van der Waals surface area contributed by atoms with Crippen molar-refractivity contribution in [1.29, 1.82) is 0 Å². The summed E-state index contributed by atoms with van der Waals surface area (Å²) in [4.78, 5) is 51.7. The number of esters is 1. The number of benzene rings is 1. The quantitative estimate of drug-likeness (QED) is 0.426. The summed E-state index contributed by atoms with van der Waals surface area (Å²) in [5.74, 6) is -2.39. The lowest BCUT2D eigenvalue weighted by Gasteiger charge is -2.49. The van der Waals surface area contributed by atoms with Crippen LogP contribution >= 0.6 is 23.1 Å². The number of β-lactam (4-membered cyclic amide) rings is 1. The molecule has 172 valence electrons. The van der Waals surface area contributed by atoms with Crippen LogP contribution in [0.1, 0.15) is 10.4 Å². The summed E-state index contributed by atoms with van der Waals surface area (Å²) in [5.41, 5.74) is 0.193.